The monoisotopic (exact) mass is 406 g/mol. The number of anilines is 1. The Morgan fingerprint density at radius 3 is 2.63 bits per heavy atom. The third-order valence-corrected chi connectivity index (χ3v) is 5.81. The number of benzene rings is 1. The van der Waals surface area contributed by atoms with Crippen LogP contribution in [0.1, 0.15) is 75.6 Å². The number of rotatable bonds is 8. The van der Waals surface area contributed by atoms with Crippen LogP contribution in [0, 0.1) is 5.82 Å². The van der Waals surface area contributed by atoms with Gasteiger partial charge in [0.05, 0.1) is 5.69 Å². The second-order valence-electron chi connectivity index (χ2n) is 8.88. The van der Waals surface area contributed by atoms with Crippen LogP contribution >= 0.6 is 0 Å². The van der Waals surface area contributed by atoms with Gasteiger partial charge in [0.15, 0.2) is 0 Å². The maximum absolute atomic E-state index is 13.6. The summed E-state index contributed by atoms with van der Waals surface area (Å²) >= 11 is 0. The summed E-state index contributed by atoms with van der Waals surface area (Å²) in [4.78, 5) is 7.39. The summed E-state index contributed by atoms with van der Waals surface area (Å²) in [5.41, 5.74) is 7.18. The van der Waals surface area contributed by atoms with E-state index in [-0.39, 0.29) is 5.82 Å². The lowest BCUT2D eigenvalue weighted by molar-refractivity contribution is 0.628. The van der Waals surface area contributed by atoms with Crippen LogP contribution in [0.25, 0.3) is 17.2 Å². The molecule has 0 saturated carbocycles. The zero-order chi connectivity index (χ0) is 21.7. The van der Waals surface area contributed by atoms with Crippen LogP contribution in [0.15, 0.2) is 42.5 Å². The van der Waals surface area contributed by atoms with Crippen LogP contribution < -0.4 is 4.90 Å². The number of nitrogens with zero attached hydrogens (tertiary/aromatic N) is 2. The van der Waals surface area contributed by atoms with E-state index >= 15 is 0 Å². The second-order valence-corrected chi connectivity index (χ2v) is 8.88. The molecule has 0 radical (unpaired) electrons. The fourth-order valence-electron chi connectivity index (χ4n) is 4.24. The van der Waals surface area contributed by atoms with Crippen LogP contribution in [0.3, 0.4) is 0 Å². The van der Waals surface area contributed by atoms with Crippen molar-refractivity contribution >= 4 is 11.9 Å². The standard InChI is InChI=1S/C27H35FN2/c1-19(2)11-8-6-7-9-12-23-25(21-14-16-22(28)17-15-21)24-13-10-18-30(5)27(24)29-26(23)20(3)4/h9,12,14-17,20H,1,6-8,10-11,13,18H2,2-5H3/b12-9+. The number of hydrogen-bond acceptors (Lipinski definition) is 2. The lowest BCUT2D eigenvalue weighted by Crippen LogP contribution is -2.27. The smallest absolute Gasteiger partial charge is 0.132 e. The molecule has 0 spiro atoms. The number of unbranched alkanes of at least 4 members (excludes halogenated alkanes) is 2. The molecule has 160 valence electrons. The van der Waals surface area contributed by atoms with Gasteiger partial charge in [0, 0.05) is 24.7 Å². The highest BCUT2D eigenvalue weighted by atomic mass is 19.1. The van der Waals surface area contributed by atoms with E-state index in [2.05, 4.69) is 51.4 Å². The van der Waals surface area contributed by atoms with Gasteiger partial charge in [0.25, 0.3) is 0 Å². The molecule has 0 N–H and O–H groups in total. The largest absolute Gasteiger partial charge is 0.359 e. The van der Waals surface area contributed by atoms with E-state index in [0.29, 0.717) is 5.92 Å². The fourth-order valence-corrected chi connectivity index (χ4v) is 4.24. The summed E-state index contributed by atoms with van der Waals surface area (Å²) in [5, 5.41) is 0. The van der Waals surface area contributed by atoms with E-state index in [4.69, 9.17) is 4.98 Å². The molecular formula is C27H35FN2. The third-order valence-electron chi connectivity index (χ3n) is 5.81. The van der Waals surface area contributed by atoms with E-state index in [1.165, 1.54) is 28.7 Å². The molecule has 0 fully saturated rings. The van der Waals surface area contributed by atoms with Crippen LogP contribution in [-0.2, 0) is 6.42 Å². The predicted molar refractivity (Wildman–Crippen MR) is 128 cm³/mol. The molecule has 0 atom stereocenters. The van der Waals surface area contributed by atoms with Crippen molar-refractivity contribution in [1.82, 2.24) is 4.98 Å². The van der Waals surface area contributed by atoms with Crippen molar-refractivity contribution in [2.24, 2.45) is 0 Å². The van der Waals surface area contributed by atoms with E-state index in [0.717, 1.165) is 55.7 Å². The van der Waals surface area contributed by atoms with Crippen molar-refractivity contribution in [3.8, 4) is 11.1 Å². The van der Waals surface area contributed by atoms with Gasteiger partial charge in [-0.1, -0.05) is 43.7 Å². The van der Waals surface area contributed by atoms with Crippen LogP contribution in [0.5, 0.6) is 0 Å². The van der Waals surface area contributed by atoms with Crippen molar-refractivity contribution < 1.29 is 4.39 Å². The van der Waals surface area contributed by atoms with Gasteiger partial charge in [0.2, 0.25) is 0 Å². The molecule has 1 aromatic heterocycles. The third kappa shape index (κ3) is 5.19. The molecule has 1 aromatic carbocycles. The zero-order valence-electron chi connectivity index (χ0n) is 19.0. The average molecular weight is 407 g/mol. The average Bonchev–Trinajstić information content (AvgIpc) is 2.70. The fraction of sp³-hybridized carbons (Fsp3) is 0.444. The molecule has 0 bridgehead atoms. The van der Waals surface area contributed by atoms with E-state index in [1.807, 2.05) is 12.1 Å². The Morgan fingerprint density at radius 1 is 1.23 bits per heavy atom. The Labute approximate surface area is 181 Å². The van der Waals surface area contributed by atoms with Gasteiger partial charge in [-0.3, -0.25) is 0 Å². The molecule has 0 saturated heterocycles. The molecule has 0 aliphatic carbocycles. The van der Waals surface area contributed by atoms with Gasteiger partial charge in [-0.2, -0.15) is 0 Å². The van der Waals surface area contributed by atoms with Crippen LogP contribution in [0.2, 0.25) is 0 Å². The molecule has 1 aliphatic rings. The molecule has 0 amide bonds. The number of halogens is 1. The summed E-state index contributed by atoms with van der Waals surface area (Å²) in [6.45, 7) is 11.5. The van der Waals surface area contributed by atoms with Crippen LogP contribution in [0.4, 0.5) is 10.2 Å². The first-order chi connectivity index (χ1) is 14.4. The normalized spacial score (nSPS) is 13.9. The minimum Gasteiger partial charge on any atom is -0.359 e. The lowest BCUT2D eigenvalue weighted by Gasteiger charge is -2.31. The van der Waals surface area contributed by atoms with E-state index in [9.17, 15) is 4.39 Å². The maximum atomic E-state index is 13.6. The highest BCUT2D eigenvalue weighted by Crippen LogP contribution is 2.40. The summed E-state index contributed by atoms with van der Waals surface area (Å²) in [6, 6.07) is 6.95. The Morgan fingerprint density at radius 2 is 1.97 bits per heavy atom. The Kier molecular flexibility index (Phi) is 7.47. The summed E-state index contributed by atoms with van der Waals surface area (Å²) < 4.78 is 13.6. The number of hydrogen-bond donors (Lipinski definition) is 0. The molecule has 2 heterocycles. The van der Waals surface area contributed by atoms with Crippen molar-refractivity contribution in [3.63, 3.8) is 0 Å². The number of allylic oxidation sites excluding steroid dienone is 2. The Bertz CT molecular complexity index is 909. The molecule has 1 aliphatic heterocycles. The highest BCUT2D eigenvalue weighted by Gasteiger charge is 2.25. The number of aromatic nitrogens is 1. The van der Waals surface area contributed by atoms with Crippen molar-refractivity contribution in [2.45, 2.75) is 65.2 Å². The van der Waals surface area contributed by atoms with E-state index < -0.39 is 0 Å². The van der Waals surface area contributed by atoms with Crippen LogP contribution in [-0.4, -0.2) is 18.6 Å². The number of pyridine rings is 1. The summed E-state index contributed by atoms with van der Waals surface area (Å²) in [5.74, 6) is 1.20. The molecule has 2 aromatic rings. The molecule has 3 rings (SSSR count). The van der Waals surface area contributed by atoms with Crippen molar-refractivity contribution in [1.29, 1.82) is 0 Å². The molecule has 3 heteroatoms. The van der Waals surface area contributed by atoms with Crippen molar-refractivity contribution in [3.05, 3.63) is 65.1 Å². The molecule has 0 unspecified atom stereocenters. The zero-order valence-corrected chi connectivity index (χ0v) is 19.0. The molecule has 2 nitrogen and oxygen atoms in total. The van der Waals surface area contributed by atoms with Gasteiger partial charge in [-0.05, 0) is 74.6 Å². The highest BCUT2D eigenvalue weighted by molar-refractivity contribution is 5.83. The van der Waals surface area contributed by atoms with Gasteiger partial charge in [-0.15, -0.1) is 6.58 Å². The molecular weight excluding hydrogens is 371 g/mol. The first-order valence-electron chi connectivity index (χ1n) is 11.2. The summed E-state index contributed by atoms with van der Waals surface area (Å²) in [7, 11) is 2.13. The van der Waals surface area contributed by atoms with Gasteiger partial charge in [0.1, 0.15) is 11.6 Å². The number of fused-ring (bicyclic) bond motifs is 1. The Balaban J connectivity index is 2.06. The van der Waals surface area contributed by atoms with Crippen molar-refractivity contribution in [2.75, 3.05) is 18.5 Å². The van der Waals surface area contributed by atoms with Gasteiger partial charge < -0.3 is 4.90 Å². The van der Waals surface area contributed by atoms with E-state index in [1.54, 1.807) is 12.1 Å². The second kappa shape index (κ2) is 10.1. The van der Waals surface area contributed by atoms with Gasteiger partial charge in [-0.25, -0.2) is 9.37 Å². The first-order valence-corrected chi connectivity index (χ1v) is 11.2. The maximum Gasteiger partial charge on any atom is 0.132 e. The van der Waals surface area contributed by atoms with Gasteiger partial charge >= 0.3 is 0 Å². The quantitative estimate of drug-likeness (QED) is 0.332. The minimum atomic E-state index is -0.197. The SMILES string of the molecule is C=C(C)CCCC/C=C/c1c(C(C)C)nc2c(c1-c1ccc(F)cc1)CCCN2C. The molecule has 30 heavy (non-hydrogen) atoms. The first kappa shape index (κ1) is 22.3. The minimum absolute atomic E-state index is 0.197. The summed E-state index contributed by atoms with van der Waals surface area (Å²) in [6.07, 6.45) is 11.1. The Hall–Kier alpha value is -2.42. The predicted octanol–water partition coefficient (Wildman–Crippen LogP) is 7.54. The lowest BCUT2D eigenvalue weighted by atomic mass is 9.87. The topological polar surface area (TPSA) is 16.1 Å².